The molecular weight excluding hydrogens is 252 g/mol. The maximum absolute atomic E-state index is 4.84. The van der Waals surface area contributed by atoms with Gasteiger partial charge in [0, 0.05) is 10.2 Å². The van der Waals surface area contributed by atoms with Gasteiger partial charge in [0.1, 0.15) is 5.69 Å². The number of thioether (sulfide) groups is 1. The number of halogens is 1. The molecule has 5 heteroatoms. The van der Waals surface area contributed by atoms with Crippen LogP contribution in [0.3, 0.4) is 0 Å². The molecule has 1 aromatic carbocycles. The number of benzene rings is 1. The number of nitrogens with one attached hydrogen (secondary N) is 1. The smallest absolute Gasteiger partial charge is 0.106 e. The van der Waals surface area contributed by atoms with Gasteiger partial charge in [-0.05, 0) is 30.0 Å². The molecule has 0 amide bonds. The Morgan fingerprint density at radius 1 is 1.54 bits per heavy atom. The summed E-state index contributed by atoms with van der Waals surface area (Å²) in [6, 6.07) is 6.22. The Kier molecular flexibility index (Phi) is 2.55. The zero-order chi connectivity index (χ0) is 9.26. The molecule has 0 spiro atoms. The van der Waals surface area contributed by atoms with Crippen molar-refractivity contribution in [2.75, 3.05) is 6.26 Å². The summed E-state index contributed by atoms with van der Waals surface area (Å²) >= 11 is 5.26. The quantitative estimate of drug-likeness (QED) is 0.921. The summed E-state index contributed by atoms with van der Waals surface area (Å²) in [4.78, 5) is 1.62. The second-order valence-corrected chi connectivity index (χ2v) is 4.51. The number of H-pyrrole nitrogens is 1. The third-order valence-corrected chi connectivity index (χ3v) is 2.75. The Morgan fingerprint density at radius 3 is 2.92 bits per heavy atom. The van der Waals surface area contributed by atoms with Gasteiger partial charge in [0.15, 0.2) is 0 Å². The maximum Gasteiger partial charge on any atom is 0.106 e. The molecule has 0 unspecified atom stereocenters. The number of hydrogen-bond acceptors (Lipinski definition) is 2. The largest absolute Gasteiger partial charge is 0.252 e. The van der Waals surface area contributed by atoms with Crippen molar-refractivity contribution in [3.63, 3.8) is 0 Å². The molecule has 0 fully saturated rings. The van der Waals surface area contributed by atoms with Gasteiger partial charge in [-0.2, -0.15) is 11.8 Å². The summed E-state index contributed by atoms with van der Waals surface area (Å²) < 4.78 is 5.91. The third-order valence-electron chi connectivity index (χ3n) is 1.67. The standard InChI is InChI=1S/C8H9BrN2OS/c1-13-5-6-2-7(9)4-8(3-6)11-10-12-11/h2-4,10H,5H2,1H3. The molecule has 13 heavy (non-hydrogen) atoms. The number of hydrogen-bond donors (Lipinski definition) is 1. The predicted molar refractivity (Wildman–Crippen MR) is 57.3 cm³/mol. The molecule has 3 nitrogen and oxygen atoms in total. The van der Waals surface area contributed by atoms with E-state index in [1.54, 1.807) is 16.6 Å². The van der Waals surface area contributed by atoms with E-state index in [2.05, 4.69) is 39.6 Å². The molecule has 2 rings (SSSR count). The van der Waals surface area contributed by atoms with Crippen LogP contribution in [-0.2, 0) is 5.75 Å². The predicted octanol–water partition coefficient (Wildman–Crippen LogP) is 3.02. The van der Waals surface area contributed by atoms with Gasteiger partial charge in [-0.15, -0.1) is 0 Å². The van der Waals surface area contributed by atoms with Gasteiger partial charge in [-0.3, -0.25) is 4.63 Å². The van der Waals surface area contributed by atoms with E-state index in [4.69, 9.17) is 4.63 Å². The highest BCUT2D eigenvalue weighted by Crippen LogP contribution is 2.21. The first kappa shape index (κ1) is 9.02. The first-order valence-corrected chi connectivity index (χ1v) is 5.99. The van der Waals surface area contributed by atoms with Crippen molar-refractivity contribution in [3.05, 3.63) is 28.2 Å². The summed E-state index contributed by atoms with van der Waals surface area (Å²) in [5.74, 6) is 1.01. The Balaban J connectivity index is 2.32. The minimum Gasteiger partial charge on any atom is -0.252 e. The molecule has 0 atom stereocenters. The van der Waals surface area contributed by atoms with E-state index in [1.165, 1.54) is 5.56 Å². The molecule has 0 saturated heterocycles. The average molecular weight is 261 g/mol. The number of aromatic nitrogens is 2. The maximum atomic E-state index is 4.84. The van der Waals surface area contributed by atoms with Gasteiger partial charge in [-0.25, -0.2) is 0 Å². The van der Waals surface area contributed by atoms with E-state index < -0.39 is 0 Å². The lowest BCUT2D eigenvalue weighted by Crippen LogP contribution is -1.87. The van der Waals surface area contributed by atoms with Crippen LogP contribution >= 0.6 is 27.7 Å². The summed E-state index contributed by atoms with van der Waals surface area (Å²) in [6.07, 6.45) is 2.09. The molecule has 0 aliphatic rings. The van der Waals surface area contributed by atoms with Crippen LogP contribution in [-0.4, -0.2) is 16.4 Å². The van der Waals surface area contributed by atoms with Crippen LogP contribution in [0.1, 0.15) is 5.56 Å². The van der Waals surface area contributed by atoms with Crippen LogP contribution in [0.5, 0.6) is 0 Å². The lowest BCUT2D eigenvalue weighted by atomic mass is 10.2. The molecule has 0 bridgehead atoms. The summed E-state index contributed by atoms with van der Waals surface area (Å²) in [7, 11) is 0. The Morgan fingerprint density at radius 2 is 2.31 bits per heavy atom. The fraction of sp³-hybridized carbons (Fsp3) is 0.250. The van der Waals surface area contributed by atoms with Crippen LogP contribution < -0.4 is 0 Å². The Hall–Kier alpha value is -0.550. The molecule has 1 N–H and O–H groups in total. The van der Waals surface area contributed by atoms with Crippen molar-refractivity contribution < 1.29 is 4.63 Å². The lowest BCUT2D eigenvalue weighted by molar-refractivity contribution is 0.501. The highest BCUT2D eigenvalue weighted by Gasteiger charge is 2.05. The van der Waals surface area contributed by atoms with Crippen LogP contribution in [0.4, 0.5) is 0 Å². The average Bonchev–Trinajstić information content (AvgIpc) is 2.85. The van der Waals surface area contributed by atoms with Crippen molar-refractivity contribution in [2.24, 2.45) is 0 Å². The first-order chi connectivity index (χ1) is 6.29. The van der Waals surface area contributed by atoms with Gasteiger partial charge < -0.3 is 0 Å². The first-order valence-electron chi connectivity index (χ1n) is 3.81. The molecule has 0 saturated carbocycles. The van der Waals surface area contributed by atoms with Crippen LogP contribution in [0.2, 0.25) is 0 Å². The minimum atomic E-state index is 1.01. The fourth-order valence-electron chi connectivity index (χ4n) is 1.13. The van der Waals surface area contributed by atoms with Gasteiger partial charge in [-0.1, -0.05) is 26.1 Å². The summed E-state index contributed by atoms with van der Waals surface area (Å²) in [5, 5.41) is 2.65. The Bertz CT molecular complexity index is 382. The molecule has 0 aliphatic carbocycles. The normalized spacial score (nSPS) is 10.9. The zero-order valence-electron chi connectivity index (χ0n) is 7.08. The second kappa shape index (κ2) is 3.67. The second-order valence-electron chi connectivity index (χ2n) is 2.73. The molecule has 2 aromatic rings. The van der Waals surface area contributed by atoms with Gasteiger partial charge in [0.2, 0.25) is 0 Å². The van der Waals surface area contributed by atoms with Gasteiger partial charge in [0.25, 0.3) is 0 Å². The van der Waals surface area contributed by atoms with E-state index in [0.717, 1.165) is 15.9 Å². The molecular formula is C8H9BrN2OS. The van der Waals surface area contributed by atoms with E-state index >= 15 is 0 Å². The number of nitrogens with zero attached hydrogens (tertiary/aromatic N) is 1. The highest BCUT2D eigenvalue weighted by molar-refractivity contribution is 9.10. The van der Waals surface area contributed by atoms with Crippen molar-refractivity contribution in [2.45, 2.75) is 5.75 Å². The van der Waals surface area contributed by atoms with Crippen LogP contribution in [0.25, 0.3) is 5.69 Å². The Labute approximate surface area is 88.5 Å². The monoisotopic (exact) mass is 260 g/mol. The molecule has 0 aliphatic heterocycles. The molecule has 1 aromatic heterocycles. The van der Waals surface area contributed by atoms with Crippen LogP contribution in [0, 0.1) is 0 Å². The zero-order valence-corrected chi connectivity index (χ0v) is 9.48. The van der Waals surface area contributed by atoms with Crippen molar-refractivity contribution in [1.82, 2.24) is 10.1 Å². The van der Waals surface area contributed by atoms with Gasteiger partial charge >= 0.3 is 0 Å². The molecule has 1 heterocycles. The van der Waals surface area contributed by atoms with E-state index in [0.29, 0.717) is 0 Å². The summed E-state index contributed by atoms with van der Waals surface area (Å²) in [5.41, 5.74) is 2.31. The lowest BCUT2D eigenvalue weighted by Gasteiger charge is -2.00. The fourth-order valence-corrected chi connectivity index (χ4v) is 2.15. The molecule has 0 radical (unpaired) electrons. The number of rotatable bonds is 3. The minimum absolute atomic E-state index is 1.01. The topological polar surface area (TPSA) is 33.9 Å². The van der Waals surface area contributed by atoms with E-state index in [1.807, 2.05) is 6.07 Å². The van der Waals surface area contributed by atoms with Crippen molar-refractivity contribution >= 4 is 27.7 Å². The number of aromatic amines is 1. The third kappa shape index (κ3) is 2.22. The SMILES string of the molecule is CSCc1cc(Br)cc(-n2[nH]o2)c1. The highest BCUT2D eigenvalue weighted by atomic mass is 79.9. The van der Waals surface area contributed by atoms with E-state index in [-0.39, 0.29) is 0 Å². The molecule has 70 valence electrons. The summed E-state index contributed by atoms with van der Waals surface area (Å²) in [6.45, 7) is 0. The van der Waals surface area contributed by atoms with Crippen molar-refractivity contribution in [1.29, 1.82) is 0 Å². The van der Waals surface area contributed by atoms with Crippen molar-refractivity contribution in [3.8, 4) is 5.69 Å². The van der Waals surface area contributed by atoms with Gasteiger partial charge in [0.05, 0.1) is 0 Å². The van der Waals surface area contributed by atoms with E-state index in [9.17, 15) is 0 Å². The van der Waals surface area contributed by atoms with Crippen LogP contribution in [0.15, 0.2) is 27.3 Å².